The highest BCUT2D eigenvalue weighted by Crippen LogP contribution is 2.27. The Morgan fingerprint density at radius 3 is 2.48 bits per heavy atom. The van der Waals surface area contributed by atoms with Crippen molar-refractivity contribution >= 4 is 23.2 Å². The van der Waals surface area contributed by atoms with Gasteiger partial charge >= 0.3 is 0 Å². The second-order valence-electron chi connectivity index (χ2n) is 5.89. The van der Waals surface area contributed by atoms with Gasteiger partial charge in [0.15, 0.2) is 0 Å². The van der Waals surface area contributed by atoms with Crippen LogP contribution in [0.15, 0.2) is 54.6 Å². The van der Waals surface area contributed by atoms with E-state index >= 15 is 0 Å². The summed E-state index contributed by atoms with van der Waals surface area (Å²) in [6.07, 6.45) is 0.324. The van der Waals surface area contributed by atoms with E-state index in [0.717, 1.165) is 10.6 Å². The molecule has 7 heteroatoms. The van der Waals surface area contributed by atoms with Crippen LogP contribution in [0.1, 0.15) is 27.3 Å². The third kappa shape index (κ3) is 4.77. The Kier molecular flexibility index (Phi) is 5.93. The fourth-order valence-electron chi connectivity index (χ4n) is 2.51. The van der Waals surface area contributed by atoms with Crippen LogP contribution in [-0.4, -0.2) is 16.8 Å². The molecule has 0 saturated carbocycles. The Bertz CT molecular complexity index is 957. The number of halogens is 1. The van der Waals surface area contributed by atoms with Crippen LogP contribution in [0.5, 0.6) is 0 Å². The van der Waals surface area contributed by atoms with Crippen molar-refractivity contribution in [2.24, 2.45) is 0 Å². The molecule has 2 aromatic carbocycles. The first kappa shape index (κ1) is 18.7. The van der Waals surface area contributed by atoms with Gasteiger partial charge in [0.1, 0.15) is 15.7 Å². The third-order valence-corrected chi connectivity index (χ3v) is 5.12. The first-order valence-electron chi connectivity index (χ1n) is 8.40. The summed E-state index contributed by atoms with van der Waals surface area (Å²) in [6.45, 7) is 1.75. The number of aromatic nitrogens is 1. The molecule has 0 aliphatic carbocycles. The summed E-state index contributed by atoms with van der Waals surface area (Å²) < 4.78 is 13.6. The van der Waals surface area contributed by atoms with Crippen LogP contribution in [0.3, 0.4) is 0 Å². The molecule has 0 saturated heterocycles. The molecule has 2 N–H and O–H groups in total. The molecule has 3 aromatic rings. The number of hydrogen-bond acceptors (Lipinski definition) is 4. The van der Waals surface area contributed by atoms with Crippen molar-refractivity contribution in [1.82, 2.24) is 15.8 Å². The highest BCUT2D eigenvalue weighted by atomic mass is 32.1. The van der Waals surface area contributed by atoms with Crippen LogP contribution in [0.25, 0.3) is 10.6 Å². The zero-order valence-electron chi connectivity index (χ0n) is 14.7. The lowest BCUT2D eigenvalue weighted by atomic mass is 10.1. The first-order chi connectivity index (χ1) is 13.0. The number of hydrazine groups is 1. The quantitative estimate of drug-likeness (QED) is 0.661. The summed E-state index contributed by atoms with van der Waals surface area (Å²) in [7, 11) is 0. The molecule has 5 nitrogen and oxygen atoms in total. The van der Waals surface area contributed by atoms with E-state index in [1.54, 1.807) is 25.1 Å². The fraction of sp³-hybridized carbons (Fsp3) is 0.150. The highest BCUT2D eigenvalue weighted by Gasteiger charge is 2.16. The van der Waals surface area contributed by atoms with Gasteiger partial charge < -0.3 is 0 Å². The van der Waals surface area contributed by atoms with Crippen LogP contribution in [0.2, 0.25) is 0 Å². The summed E-state index contributed by atoms with van der Waals surface area (Å²) in [5.74, 6) is -1.16. The minimum atomic E-state index is -0.425. The Labute approximate surface area is 160 Å². The molecule has 0 radical (unpaired) electrons. The minimum absolute atomic E-state index is 0.0676. The zero-order valence-corrected chi connectivity index (χ0v) is 15.5. The predicted molar refractivity (Wildman–Crippen MR) is 103 cm³/mol. The van der Waals surface area contributed by atoms with E-state index in [1.165, 1.54) is 17.4 Å². The lowest BCUT2D eigenvalue weighted by Gasteiger charge is -2.07. The Balaban J connectivity index is 1.55. The molecule has 27 heavy (non-hydrogen) atoms. The number of rotatable bonds is 5. The van der Waals surface area contributed by atoms with Gasteiger partial charge in [-0.2, -0.15) is 0 Å². The molecule has 0 aliphatic heterocycles. The topological polar surface area (TPSA) is 71.1 Å². The van der Waals surface area contributed by atoms with Crippen LogP contribution in [0, 0.1) is 12.7 Å². The number of nitrogens with one attached hydrogen (secondary N) is 2. The molecule has 0 bridgehead atoms. The number of thiazole rings is 1. The van der Waals surface area contributed by atoms with Crippen molar-refractivity contribution in [3.05, 3.63) is 76.5 Å². The van der Waals surface area contributed by atoms with E-state index in [9.17, 15) is 14.0 Å². The van der Waals surface area contributed by atoms with Crippen LogP contribution in [-0.2, 0) is 11.2 Å². The van der Waals surface area contributed by atoms with Gasteiger partial charge in [0, 0.05) is 12.0 Å². The molecule has 1 heterocycles. The lowest BCUT2D eigenvalue weighted by molar-refractivity contribution is -0.121. The number of benzene rings is 2. The maximum atomic E-state index is 13.6. The smallest absolute Gasteiger partial charge is 0.273 e. The maximum Gasteiger partial charge on any atom is 0.281 e. The van der Waals surface area contributed by atoms with Gasteiger partial charge in [-0.25, -0.2) is 9.37 Å². The molecule has 0 unspecified atom stereocenters. The Morgan fingerprint density at radius 1 is 1.04 bits per heavy atom. The summed E-state index contributed by atoms with van der Waals surface area (Å²) >= 11 is 1.26. The van der Waals surface area contributed by atoms with Crippen molar-refractivity contribution in [2.75, 3.05) is 0 Å². The largest absolute Gasteiger partial charge is 0.281 e. The second-order valence-corrected chi connectivity index (χ2v) is 6.89. The molecule has 0 atom stereocenters. The number of aryl methyl sites for hydroxylation is 2. The van der Waals surface area contributed by atoms with Gasteiger partial charge in [-0.1, -0.05) is 48.5 Å². The third-order valence-electron chi connectivity index (χ3n) is 3.92. The van der Waals surface area contributed by atoms with Crippen LogP contribution < -0.4 is 10.9 Å². The summed E-state index contributed by atoms with van der Waals surface area (Å²) in [5.41, 5.74) is 6.74. The van der Waals surface area contributed by atoms with E-state index in [2.05, 4.69) is 15.8 Å². The number of carbonyl (C=O) groups is 2. The summed E-state index contributed by atoms with van der Waals surface area (Å²) in [6, 6.07) is 15.9. The summed E-state index contributed by atoms with van der Waals surface area (Å²) in [5, 5.41) is 0.740. The normalized spacial score (nSPS) is 10.4. The van der Waals surface area contributed by atoms with Crippen molar-refractivity contribution in [2.45, 2.75) is 19.8 Å². The van der Waals surface area contributed by atoms with E-state index in [-0.39, 0.29) is 18.7 Å². The molecule has 138 valence electrons. The maximum absolute atomic E-state index is 13.6. The Hall–Kier alpha value is -3.06. The first-order valence-corrected chi connectivity index (χ1v) is 9.21. The van der Waals surface area contributed by atoms with Crippen LogP contribution in [0.4, 0.5) is 4.39 Å². The second kappa shape index (κ2) is 8.55. The molecule has 3 rings (SSSR count). The van der Waals surface area contributed by atoms with E-state index in [0.29, 0.717) is 16.1 Å². The molecule has 0 spiro atoms. The fourth-order valence-corrected chi connectivity index (χ4v) is 3.47. The van der Waals surface area contributed by atoms with Crippen molar-refractivity contribution in [3.8, 4) is 10.6 Å². The van der Waals surface area contributed by atoms with Crippen molar-refractivity contribution in [3.63, 3.8) is 0 Å². The van der Waals surface area contributed by atoms with E-state index in [1.807, 2.05) is 30.3 Å². The zero-order chi connectivity index (χ0) is 19.2. The highest BCUT2D eigenvalue weighted by molar-refractivity contribution is 7.17. The summed E-state index contributed by atoms with van der Waals surface area (Å²) in [4.78, 5) is 29.1. The number of amides is 2. The predicted octanol–water partition coefficient (Wildman–Crippen LogP) is 3.65. The molecule has 0 fully saturated rings. The standard InChI is InChI=1S/C20H18FN3O2S/c1-13-18(27-20(22-13)15-8-3-2-4-9-15)19(26)24-23-17(25)12-11-14-7-5-6-10-16(14)21/h2-10H,11-12H2,1H3,(H,23,25)(H,24,26). The van der Waals surface area contributed by atoms with Crippen molar-refractivity contribution in [1.29, 1.82) is 0 Å². The van der Waals surface area contributed by atoms with Crippen LogP contribution >= 0.6 is 11.3 Å². The molecule has 0 aliphatic rings. The average molecular weight is 383 g/mol. The molecular formula is C20H18FN3O2S. The van der Waals surface area contributed by atoms with E-state index < -0.39 is 11.8 Å². The molecule has 1 aromatic heterocycles. The number of carbonyl (C=O) groups excluding carboxylic acids is 2. The van der Waals surface area contributed by atoms with Crippen molar-refractivity contribution < 1.29 is 14.0 Å². The SMILES string of the molecule is Cc1nc(-c2ccccc2)sc1C(=O)NNC(=O)CCc1ccccc1F. The number of nitrogens with zero attached hydrogens (tertiary/aromatic N) is 1. The van der Waals surface area contributed by atoms with Gasteiger partial charge in [0.05, 0.1) is 5.69 Å². The van der Waals surface area contributed by atoms with Gasteiger partial charge in [-0.05, 0) is 25.0 Å². The molecular weight excluding hydrogens is 365 g/mol. The average Bonchev–Trinajstić information content (AvgIpc) is 3.08. The van der Waals surface area contributed by atoms with Gasteiger partial charge in [-0.3, -0.25) is 20.4 Å². The minimum Gasteiger partial charge on any atom is -0.273 e. The number of hydrogen-bond donors (Lipinski definition) is 2. The van der Waals surface area contributed by atoms with Gasteiger partial charge in [0.25, 0.3) is 5.91 Å². The Morgan fingerprint density at radius 2 is 1.74 bits per heavy atom. The molecule has 2 amide bonds. The lowest BCUT2D eigenvalue weighted by Crippen LogP contribution is -2.41. The van der Waals surface area contributed by atoms with Gasteiger partial charge in [0.2, 0.25) is 5.91 Å². The van der Waals surface area contributed by atoms with Gasteiger partial charge in [-0.15, -0.1) is 11.3 Å². The monoisotopic (exact) mass is 383 g/mol. The van der Waals surface area contributed by atoms with E-state index in [4.69, 9.17) is 0 Å².